The summed E-state index contributed by atoms with van der Waals surface area (Å²) in [5.41, 5.74) is 5.07. The summed E-state index contributed by atoms with van der Waals surface area (Å²) in [4.78, 5) is 10.7. The van der Waals surface area contributed by atoms with Gasteiger partial charge in [0.2, 0.25) is 0 Å². The molecule has 0 spiro atoms. The fraction of sp³-hybridized carbons (Fsp3) is 0.300. The fourth-order valence-corrected chi connectivity index (χ4v) is 1.65. The molecule has 0 aromatic heterocycles. The molecule has 0 aliphatic heterocycles. The fourth-order valence-electron chi connectivity index (χ4n) is 1.65. The first-order valence-corrected chi connectivity index (χ1v) is 4.32. The SMILES string of the molecule is NC1(C(=O)O)CC1c1cccc(F)c1. The van der Waals surface area contributed by atoms with E-state index in [-0.39, 0.29) is 11.7 Å². The van der Waals surface area contributed by atoms with Gasteiger partial charge in [-0.15, -0.1) is 0 Å². The largest absolute Gasteiger partial charge is 0.480 e. The minimum absolute atomic E-state index is 0.254. The van der Waals surface area contributed by atoms with Gasteiger partial charge in [-0.05, 0) is 24.1 Å². The van der Waals surface area contributed by atoms with E-state index in [9.17, 15) is 9.18 Å². The van der Waals surface area contributed by atoms with E-state index in [0.717, 1.165) is 0 Å². The van der Waals surface area contributed by atoms with Crippen LogP contribution in [0, 0.1) is 5.82 Å². The highest BCUT2D eigenvalue weighted by atomic mass is 19.1. The number of hydrogen-bond acceptors (Lipinski definition) is 2. The Balaban J connectivity index is 2.25. The molecule has 2 rings (SSSR count). The van der Waals surface area contributed by atoms with Crippen molar-refractivity contribution in [1.82, 2.24) is 0 Å². The molecule has 0 bridgehead atoms. The van der Waals surface area contributed by atoms with Crippen LogP contribution >= 0.6 is 0 Å². The van der Waals surface area contributed by atoms with Crippen molar-refractivity contribution in [1.29, 1.82) is 0 Å². The Morgan fingerprint density at radius 2 is 2.36 bits per heavy atom. The Morgan fingerprint density at radius 1 is 1.64 bits per heavy atom. The second kappa shape index (κ2) is 2.78. The second-order valence-corrected chi connectivity index (χ2v) is 3.66. The van der Waals surface area contributed by atoms with E-state index in [1.807, 2.05) is 0 Å². The predicted octanol–water partition coefficient (Wildman–Crippen LogP) is 1.10. The smallest absolute Gasteiger partial charge is 0.324 e. The zero-order valence-electron chi connectivity index (χ0n) is 7.40. The summed E-state index contributed by atoms with van der Waals surface area (Å²) in [6.07, 6.45) is 0.381. The summed E-state index contributed by atoms with van der Waals surface area (Å²) in [7, 11) is 0. The van der Waals surface area contributed by atoms with Crippen LogP contribution < -0.4 is 5.73 Å². The van der Waals surface area contributed by atoms with Gasteiger partial charge in [0.15, 0.2) is 0 Å². The normalized spacial score (nSPS) is 30.0. The Labute approximate surface area is 80.3 Å². The monoisotopic (exact) mass is 195 g/mol. The van der Waals surface area contributed by atoms with E-state index in [4.69, 9.17) is 10.8 Å². The maximum absolute atomic E-state index is 12.8. The maximum Gasteiger partial charge on any atom is 0.324 e. The highest BCUT2D eigenvalue weighted by Crippen LogP contribution is 2.49. The first-order chi connectivity index (χ1) is 6.54. The number of benzene rings is 1. The summed E-state index contributed by atoms with van der Waals surface area (Å²) >= 11 is 0. The summed E-state index contributed by atoms with van der Waals surface area (Å²) in [6, 6.07) is 5.92. The van der Waals surface area contributed by atoms with E-state index < -0.39 is 11.5 Å². The zero-order chi connectivity index (χ0) is 10.3. The molecule has 1 aromatic rings. The van der Waals surface area contributed by atoms with Gasteiger partial charge in [-0.25, -0.2) is 4.39 Å². The average molecular weight is 195 g/mol. The molecule has 4 heteroatoms. The molecular weight excluding hydrogens is 185 g/mol. The highest BCUT2D eigenvalue weighted by molar-refractivity contribution is 5.84. The molecule has 1 saturated carbocycles. The van der Waals surface area contributed by atoms with Gasteiger partial charge in [0.25, 0.3) is 0 Å². The molecule has 0 saturated heterocycles. The number of nitrogens with two attached hydrogens (primary N) is 1. The first-order valence-electron chi connectivity index (χ1n) is 4.32. The quantitative estimate of drug-likeness (QED) is 0.742. The lowest BCUT2D eigenvalue weighted by atomic mass is 10.1. The number of aliphatic carboxylic acids is 1. The van der Waals surface area contributed by atoms with E-state index in [0.29, 0.717) is 12.0 Å². The Bertz CT molecular complexity index is 393. The van der Waals surface area contributed by atoms with Gasteiger partial charge in [0.05, 0.1) is 0 Å². The van der Waals surface area contributed by atoms with Gasteiger partial charge in [0, 0.05) is 5.92 Å². The van der Waals surface area contributed by atoms with Gasteiger partial charge in [-0.3, -0.25) is 4.79 Å². The standard InChI is InChI=1S/C10H10FNO2/c11-7-3-1-2-6(4-7)8-5-10(8,12)9(13)14/h1-4,8H,5,12H2,(H,13,14). The van der Waals surface area contributed by atoms with E-state index in [1.165, 1.54) is 12.1 Å². The van der Waals surface area contributed by atoms with Gasteiger partial charge in [-0.2, -0.15) is 0 Å². The Kier molecular flexibility index (Phi) is 1.82. The molecular formula is C10H10FNO2. The van der Waals surface area contributed by atoms with Crippen LogP contribution in [0.3, 0.4) is 0 Å². The van der Waals surface area contributed by atoms with Crippen LogP contribution in [0.15, 0.2) is 24.3 Å². The topological polar surface area (TPSA) is 63.3 Å². The van der Waals surface area contributed by atoms with Crippen molar-refractivity contribution in [3.8, 4) is 0 Å². The number of halogens is 1. The minimum atomic E-state index is -1.19. The van der Waals surface area contributed by atoms with Crippen LogP contribution in [0.2, 0.25) is 0 Å². The lowest BCUT2D eigenvalue weighted by Gasteiger charge is -2.04. The third-order valence-electron chi connectivity index (χ3n) is 2.65. The lowest BCUT2D eigenvalue weighted by molar-refractivity contribution is -0.139. The van der Waals surface area contributed by atoms with Gasteiger partial charge >= 0.3 is 5.97 Å². The van der Waals surface area contributed by atoms with Crippen LogP contribution in [0.25, 0.3) is 0 Å². The molecule has 74 valence electrons. The van der Waals surface area contributed by atoms with Crippen molar-refractivity contribution in [2.45, 2.75) is 17.9 Å². The van der Waals surface area contributed by atoms with E-state index in [1.54, 1.807) is 12.1 Å². The van der Waals surface area contributed by atoms with Gasteiger partial charge < -0.3 is 10.8 Å². The molecule has 0 radical (unpaired) electrons. The molecule has 1 aliphatic carbocycles. The van der Waals surface area contributed by atoms with Crippen LogP contribution in [0.5, 0.6) is 0 Å². The first kappa shape index (κ1) is 9.15. The minimum Gasteiger partial charge on any atom is -0.480 e. The number of hydrogen-bond donors (Lipinski definition) is 2. The number of carbonyl (C=O) groups is 1. The van der Waals surface area contributed by atoms with Crippen LogP contribution in [-0.4, -0.2) is 16.6 Å². The lowest BCUT2D eigenvalue weighted by Crippen LogP contribution is -2.34. The van der Waals surface area contributed by atoms with Crippen LogP contribution in [0.1, 0.15) is 17.9 Å². The van der Waals surface area contributed by atoms with Gasteiger partial charge in [-0.1, -0.05) is 12.1 Å². The number of carboxylic acids is 1. The molecule has 0 amide bonds. The maximum atomic E-state index is 12.8. The zero-order valence-corrected chi connectivity index (χ0v) is 7.40. The van der Waals surface area contributed by atoms with Crippen molar-refractivity contribution in [2.24, 2.45) is 5.73 Å². The third-order valence-corrected chi connectivity index (χ3v) is 2.65. The number of rotatable bonds is 2. The second-order valence-electron chi connectivity index (χ2n) is 3.66. The van der Waals surface area contributed by atoms with Crippen molar-refractivity contribution >= 4 is 5.97 Å². The van der Waals surface area contributed by atoms with E-state index >= 15 is 0 Å². The Hall–Kier alpha value is -1.42. The van der Waals surface area contributed by atoms with Crippen molar-refractivity contribution in [3.63, 3.8) is 0 Å². The van der Waals surface area contributed by atoms with Gasteiger partial charge in [0.1, 0.15) is 11.4 Å². The molecule has 1 aliphatic rings. The Morgan fingerprint density at radius 3 is 2.86 bits per heavy atom. The summed E-state index contributed by atoms with van der Waals surface area (Å²) in [6.45, 7) is 0. The molecule has 1 fully saturated rings. The third kappa shape index (κ3) is 1.28. The highest BCUT2D eigenvalue weighted by Gasteiger charge is 2.58. The summed E-state index contributed by atoms with van der Waals surface area (Å²) in [5, 5.41) is 8.79. The molecule has 0 heterocycles. The summed E-state index contributed by atoms with van der Waals surface area (Å²) < 4.78 is 12.8. The molecule has 3 nitrogen and oxygen atoms in total. The molecule has 14 heavy (non-hydrogen) atoms. The number of carboxylic acid groups (broad SMARTS) is 1. The van der Waals surface area contributed by atoms with Crippen molar-refractivity contribution in [2.75, 3.05) is 0 Å². The molecule has 3 N–H and O–H groups in total. The van der Waals surface area contributed by atoms with E-state index in [2.05, 4.69) is 0 Å². The van der Waals surface area contributed by atoms with Crippen molar-refractivity contribution in [3.05, 3.63) is 35.6 Å². The van der Waals surface area contributed by atoms with Crippen LogP contribution in [-0.2, 0) is 4.79 Å². The molecule has 2 unspecified atom stereocenters. The molecule has 1 aromatic carbocycles. The molecule has 2 atom stereocenters. The van der Waals surface area contributed by atoms with Crippen LogP contribution in [0.4, 0.5) is 4.39 Å². The predicted molar refractivity (Wildman–Crippen MR) is 48.3 cm³/mol. The average Bonchev–Trinajstić information content (AvgIpc) is 2.80. The van der Waals surface area contributed by atoms with Crippen molar-refractivity contribution < 1.29 is 14.3 Å². The summed E-state index contributed by atoms with van der Waals surface area (Å²) in [5.74, 6) is -1.63.